The van der Waals surface area contributed by atoms with Crippen molar-refractivity contribution in [1.82, 2.24) is 5.32 Å². The lowest BCUT2D eigenvalue weighted by Gasteiger charge is -2.20. The van der Waals surface area contributed by atoms with E-state index in [1.54, 1.807) is 6.08 Å². The monoisotopic (exact) mass is 956 g/mol. The Labute approximate surface area is 424 Å². The van der Waals surface area contributed by atoms with Gasteiger partial charge in [-0.25, -0.2) is 0 Å². The van der Waals surface area contributed by atoms with Crippen LogP contribution < -0.4 is 5.32 Å². The lowest BCUT2D eigenvalue weighted by molar-refractivity contribution is -0.143. The molecule has 0 aliphatic heterocycles. The molecule has 2 atom stereocenters. The van der Waals surface area contributed by atoms with Crippen LogP contribution in [0.2, 0.25) is 0 Å². The molecule has 2 unspecified atom stereocenters. The fourth-order valence-electron chi connectivity index (χ4n) is 9.25. The molecule has 0 aromatic rings. The van der Waals surface area contributed by atoms with Crippen LogP contribution in [0.3, 0.4) is 0 Å². The molecule has 6 nitrogen and oxygen atoms in total. The van der Waals surface area contributed by atoms with Crippen LogP contribution in [0, 0.1) is 0 Å². The molecule has 0 aliphatic rings. The average molecular weight is 957 g/mol. The number of nitrogens with one attached hydrogen (secondary N) is 1. The van der Waals surface area contributed by atoms with Gasteiger partial charge in [-0.05, 0) is 64.2 Å². The Kier molecular flexibility index (Phi) is 56.0. The molecule has 0 aromatic heterocycles. The van der Waals surface area contributed by atoms with Gasteiger partial charge in [0.15, 0.2) is 0 Å². The Morgan fingerprint density at radius 3 is 1.15 bits per heavy atom. The maximum absolute atomic E-state index is 12.5. The number of aliphatic hydroxyl groups excluding tert-OH is 2. The third kappa shape index (κ3) is 53.4. The second-order valence-electron chi connectivity index (χ2n) is 20.7. The molecule has 0 saturated carbocycles. The van der Waals surface area contributed by atoms with Gasteiger partial charge in [-0.2, -0.15) is 0 Å². The highest BCUT2D eigenvalue weighted by atomic mass is 16.5. The Morgan fingerprint density at radius 2 is 0.735 bits per heavy atom. The Morgan fingerprint density at radius 1 is 0.412 bits per heavy atom. The summed E-state index contributed by atoms with van der Waals surface area (Å²) in [4.78, 5) is 24.5. The summed E-state index contributed by atoms with van der Waals surface area (Å²) in [5.74, 6) is -0.0687. The van der Waals surface area contributed by atoms with E-state index in [1.165, 1.54) is 244 Å². The van der Waals surface area contributed by atoms with Crippen LogP contribution in [0.1, 0.15) is 322 Å². The lowest BCUT2D eigenvalue weighted by Crippen LogP contribution is -2.45. The molecule has 0 heterocycles. The fraction of sp³-hybridized carbons (Fsp3) is 0.871. The Hall–Kier alpha value is -1.92. The van der Waals surface area contributed by atoms with E-state index < -0.39 is 12.1 Å². The zero-order valence-corrected chi connectivity index (χ0v) is 45.6. The molecule has 1 amide bonds. The van der Waals surface area contributed by atoms with Gasteiger partial charge in [-0.15, -0.1) is 0 Å². The number of allylic oxidation sites excluding steroid dienone is 5. The standard InChI is InChI=1S/C62H117NO5/c1-3-5-7-9-11-13-15-17-19-20-21-25-28-32-36-40-44-48-52-56-62(67)68-57-53-49-45-41-37-33-29-26-23-22-24-27-31-35-39-43-47-51-55-61(66)63-59(58-64)60(65)54-50-46-42-38-34-30-18-16-14-12-10-8-6-4-2/h11,13,17,19,50,54,59-60,64-65H,3-10,12,14-16,18,20-49,51-53,55-58H2,1-2H3,(H,63,66)/b13-11-,19-17-,54-50+. The van der Waals surface area contributed by atoms with Gasteiger partial charge in [0.1, 0.15) is 0 Å². The van der Waals surface area contributed by atoms with Gasteiger partial charge in [-0.3, -0.25) is 9.59 Å². The molecule has 0 aliphatic carbocycles. The van der Waals surface area contributed by atoms with Crippen molar-refractivity contribution in [1.29, 1.82) is 0 Å². The SMILES string of the molecule is CCCCC/C=C\C/C=C\CCCCCCCCCCCC(=O)OCCCCCCCCCCCCCCCCCCCCC(=O)NC(CO)C(O)/C=C/CCCCCCCCCCCCCC. The topological polar surface area (TPSA) is 95.9 Å². The molecule has 0 saturated heterocycles. The maximum Gasteiger partial charge on any atom is 0.305 e. The molecule has 3 N–H and O–H groups in total. The summed E-state index contributed by atoms with van der Waals surface area (Å²) in [6.07, 6.45) is 71.7. The molecular weight excluding hydrogens is 839 g/mol. The summed E-state index contributed by atoms with van der Waals surface area (Å²) in [7, 11) is 0. The first-order chi connectivity index (χ1) is 33.5. The highest BCUT2D eigenvalue weighted by Gasteiger charge is 2.18. The van der Waals surface area contributed by atoms with Crippen molar-refractivity contribution in [3.05, 3.63) is 36.5 Å². The maximum atomic E-state index is 12.5. The fourth-order valence-corrected chi connectivity index (χ4v) is 9.25. The number of aliphatic hydroxyl groups is 2. The highest BCUT2D eigenvalue weighted by molar-refractivity contribution is 5.76. The second-order valence-corrected chi connectivity index (χ2v) is 20.7. The van der Waals surface area contributed by atoms with Gasteiger partial charge in [0.2, 0.25) is 5.91 Å². The molecule has 0 bridgehead atoms. The quantitative estimate of drug-likeness (QED) is 0.0321. The van der Waals surface area contributed by atoms with Gasteiger partial charge in [0.25, 0.3) is 0 Å². The molecule has 0 rings (SSSR count). The van der Waals surface area contributed by atoms with Gasteiger partial charge < -0.3 is 20.3 Å². The second kappa shape index (κ2) is 57.7. The van der Waals surface area contributed by atoms with Crippen LogP contribution in [0.25, 0.3) is 0 Å². The molecule has 400 valence electrons. The molecule has 6 heteroatoms. The van der Waals surface area contributed by atoms with Crippen molar-refractivity contribution in [3.63, 3.8) is 0 Å². The molecule has 0 spiro atoms. The number of esters is 1. The largest absolute Gasteiger partial charge is 0.466 e. The number of hydrogen-bond acceptors (Lipinski definition) is 5. The molecule has 0 fully saturated rings. The van der Waals surface area contributed by atoms with Crippen LogP contribution in [0.5, 0.6) is 0 Å². The number of unbranched alkanes of at least 4 members (excludes halogenated alkanes) is 41. The van der Waals surface area contributed by atoms with E-state index in [0.717, 1.165) is 51.4 Å². The van der Waals surface area contributed by atoms with Gasteiger partial charge >= 0.3 is 5.97 Å². The van der Waals surface area contributed by atoms with Gasteiger partial charge in [0.05, 0.1) is 25.4 Å². The molecule has 0 radical (unpaired) electrons. The van der Waals surface area contributed by atoms with Crippen LogP contribution in [-0.4, -0.2) is 47.4 Å². The summed E-state index contributed by atoms with van der Waals surface area (Å²) >= 11 is 0. The minimum atomic E-state index is -0.847. The van der Waals surface area contributed by atoms with Crippen molar-refractivity contribution in [2.45, 2.75) is 334 Å². The van der Waals surface area contributed by atoms with E-state index in [9.17, 15) is 19.8 Å². The number of amides is 1. The van der Waals surface area contributed by atoms with Crippen molar-refractivity contribution in [2.24, 2.45) is 0 Å². The minimum Gasteiger partial charge on any atom is -0.466 e. The summed E-state index contributed by atoms with van der Waals surface area (Å²) in [6, 6.07) is -0.631. The molecule has 0 aromatic carbocycles. The number of ether oxygens (including phenoxy) is 1. The third-order valence-corrected chi connectivity index (χ3v) is 13.9. The van der Waals surface area contributed by atoms with Crippen molar-refractivity contribution in [3.8, 4) is 0 Å². The summed E-state index contributed by atoms with van der Waals surface area (Å²) in [5, 5.41) is 23.1. The average Bonchev–Trinajstić information content (AvgIpc) is 3.34. The van der Waals surface area contributed by atoms with Crippen LogP contribution in [0.4, 0.5) is 0 Å². The highest BCUT2D eigenvalue weighted by Crippen LogP contribution is 2.17. The zero-order chi connectivity index (χ0) is 49.3. The van der Waals surface area contributed by atoms with Crippen molar-refractivity contribution < 1.29 is 24.5 Å². The number of hydrogen-bond donors (Lipinski definition) is 3. The lowest BCUT2D eigenvalue weighted by atomic mass is 10.0. The van der Waals surface area contributed by atoms with Crippen LogP contribution in [0.15, 0.2) is 36.5 Å². The van der Waals surface area contributed by atoms with Crippen molar-refractivity contribution >= 4 is 11.9 Å². The van der Waals surface area contributed by atoms with Crippen molar-refractivity contribution in [2.75, 3.05) is 13.2 Å². The van der Waals surface area contributed by atoms with Crippen LogP contribution >= 0.6 is 0 Å². The first kappa shape index (κ1) is 66.1. The van der Waals surface area contributed by atoms with E-state index in [-0.39, 0.29) is 18.5 Å². The minimum absolute atomic E-state index is 0.00271. The molecule has 68 heavy (non-hydrogen) atoms. The van der Waals surface area contributed by atoms with E-state index in [0.29, 0.717) is 19.4 Å². The third-order valence-electron chi connectivity index (χ3n) is 13.9. The van der Waals surface area contributed by atoms with E-state index >= 15 is 0 Å². The predicted molar refractivity (Wildman–Crippen MR) is 296 cm³/mol. The summed E-state index contributed by atoms with van der Waals surface area (Å²) in [5.41, 5.74) is 0. The number of carbonyl (C=O) groups excluding carboxylic acids is 2. The summed E-state index contributed by atoms with van der Waals surface area (Å²) < 4.78 is 5.49. The van der Waals surface area contributed by atoms with Crippen LogP contribution in [-0.2, 0) is 14.3 Å². The summed E-state index contributed by atoms with van der Waals surface area (Å²) in [6.45, 7) is 4.88. The Balaban J connectivity index is 3.41. The first-order valence-corrected chi connectivity index (χ1v) is 30.3. The number of rotatable bonds is 56. The van der Waals surface area contributed by atoms with Gasteiger partial charge in [-0.1, -0.05) is 281 Å². The molecular formula is C62H117NO5. The van der Waals surface area contributed by atoms with E-state index in [2.05, 4.69) is 43.5 Å². The van der Waals surface area contributed by atoms with Gasteiger partial charge in [0, 0.05) is 12.8 Å². The predicted octanol–water partition coefficient (Wildman–Crippen LogP) is 18.8. The van der Waals surface area contributed by atoms with E-state index in [4.69, 9.17) is 4.74 Å². The first-order valence-electron chi connectivity index (χ1n) is 30.3. The normalized spacial score (nSPS) is 12.8. The Bertz CT molecular complexity index is 1100. The smallest absolute Gasteiger partial charge is 0.305 e. The zero-order valence-electron chi connectivity index (χ0n) is 45.6. The number of carbonyl (C=O) groups is 2. The van der Waals surface area contributed by atoms with E-state index in [1.807, 2.05) is 6.08 Å².